The molecule has 0 N–H and O–H groups in total. The first kappa shape index (κ1) is 19.8. The maximum absolute atomic E-state index is 11.6. The van der Waals surface area contributed by atoms with Gasteiger partial charge in [-0.3, -0.25) is 9.69 Å². The van der Waals surface area contributed by atoms with E-state index in [0.717, 1.165) is 42.9 Å². The van der Waals surface area contributed by atoms with E-state index in [-0.39, 0.29) is 6.23 Å². The Balaban J connectivity index is 1.24. The largest absolute Gasteiger partial charge is 0.497 e. The number of hydrazone groups is 1. The van der Waals surface area contributed by atoms with Gasteiger partial charge in [0, 0.05) is 25.1 Å². The number of nitrogens with zero attached hydrogens (tertiary/aromatic N) is 4. The molecular weight excluding hydrogens is 396 g/mol. The van der Waals surface area contributed by atoms with Gasteiger partial charge in [0.2, 0.25) is 5.90 Å². The van der Waals surface area contributed by atoms with E-state index < -0.39 is 6.23 Å². The Bertz CT molecular complexity index is 943. The molecule has 8 nitrogen and oxygen atoms in total. The van der Waals surface area contributed by atoms with Crippen LogP contribution in [0.1, 0.15) is 24.0 Å². The van der Waals surface area contributed by atoms with Gasteiger partial charge in [-0.2, -0.15) is 10.1 Å². The molecule has 2 unspecified atom stereocenters. The molecule has 2 saturated heterocycles. The van der Waals surface area contributed by atoms with E-state index in [4.69, 9.17) is 14.2 Å². The maximum Gasteiger partial charge on any atom is 0.260 e. The van der Waals surface area contributed by atoms with Crippen LogP contribution in [-0.4, -0.2) is 66.4 Å². The monoisotopic (exact) mass is 422 g/mol. The van der Waals surface area contributed by atoms with Crippen LogP contribution in [0.3, 0.4) is 0 Å². The average Bonchev–Trinajstić information content (AvgIpc) is 3.18. The van der Waals surface area contributed by atoms with Gasteiger partial charge in [0.05, 0.1) is 7.11 Å². The topological polar surface area (TPSA) is 66.8 Å². The highest BCUT2D eigenvalue weighted by Gasteiger charge is 2.42. The van der Waals surface area contributed by atoms with Crippen LogP contribution >= 0.6 is 0 Å². The number of methoxy groups -OCH3 is 1. The molecular formula is C23H26N4O4. The number of rotatable bonds is 8. The standard InChI is InChI=1S/C23H26N4O4/c1-29-19-9-5-18(6-10-19)23-24-27(22(16-28)31-23)26-14-11-21(26)30-20-7-3-17(4-8-20)15-25-12-2-13-25/h3-10,16,21-22H,2,11-15H2,1H3. The zero-order valence-corrected chi connectivity index (χ0v) is 17.5. The highest BCUT2D eigenvalue weighted by Crippen LogP contribution is 2.29. The Morgan fingerprint density at radius 3 is 2.39 bits per heavy atom. The van der Waals surface area contributed by atoms with Crippen molar-refractivity contribution in [2.24, 2.45) is 5.10 Å². The first-order valence-corrected chi connectivity index (χ1v) is 10.6. The number of hydrogen-bond donors (Lipinski definition) is 0. The molecule has 0 spiro atoms. The highest BCUT2D eigenvalue weighted by molar-refractivity contribution is 5.95. The summed E-state index contributed by atoms with van der Waals surface area (Å²) in [5.74, 6) is 1.96. The Morgan fingerprint density at radius 1 is 1.06 bits per heavy atom. The molecule has 0 bridgehead atoms. The normalized spacial score (nSPS) is 23.4. The minimum absolute atomic E-state index is 0.189. The van der Waals surface area contributed by atoms with Gasteiger partial charge in [0.25, 0.3) is 6.23 Å². The van der Waals surface area contributed by atoms with Crippen LogP contribution in [0.5, 0.6) is 11.5 Å². The highest BCUT2D eigenvalue weighted by atomic mass is 16.6. The molecule has 2 aromatic rings. The predicted molar refractivity (Wildman–Crippen MR) is 114 cm³/mol. The first-order valence-electron chi connectivity index (χ1n) is 10.6. The van der Waals surface area contributed by atoms with Crippen LogP contribution in [0.25, 0.3) is 0 Å². The van der Waals surface area contributed by atoms with Gasteiger partial charge in [-0.05, 0) is 61.5 Å². The number of hydrazine groups is 1. The van der Waals surface area contributed by atoms with Crippen LogP contribution in [0, 0.1) is 0 Å². The molecule has 2 fully saturated rings. The minimum atomic E-state index is -0.803. The number of likely N-dealkylation sites (tertiary alicyclic amines) is 1. The van der Waals surface area contributed by atoms with Crippen LogP contribution in [-0.2, 0) is 16.1 Å². The predicted octanol–water partition coefficient (Wildman–Crippen LogP) is 2.45. The van der Waals surface area contributed by atoms with Gasteiger partial charge in [0.15, 0.2) is 12.5 Å². The fraction of sp³-hybridized carbons (Fsp3) is 0.391. The third-order valence-electron chi connectivity index (χ3n) is 5.86. The molecule has 3 aliphatic heterocycles. The molecule has 0 aromatic heterocycles. The second kappa shape index (κ2) is 8.56. The summed E-state index contributed by atoms with van der Waals surface area (Å²) in [6, 6.07) is 15.6. The van der Waals surface area contributed by atoms with Gasteiger partial charge in [-0.1, -0.05) is 12.1 Å². The summed E-state index contributed by atoms with van der Waals surface area (Å²) < 4.78 is 17.1. The van der Waals surface area contributed by atoms with E-state index in [0.29, 0.717) is 5.90 Å². The van der Waals surface area contributed by atoms with Crippen molar-refractivity contribution in [1.29, 1.82) is 0 Å². The van der Waals surface area contributed by atoms with Crippen LogP contribution in [0.2, 0.25) is 0 Å². The Morgan fingerprint density at radius 2 is 1.81 bits per heavy atom. The van der Waals surface area contributed by atoms with Crippen molar-refractivity contribution < 1.29 is 19.0 Å². The van der Waals surface area contributed by atoms with Crippen LogP contribution < -0.4 is 9.47 Å². The van der Waals surface area contributed by atoms with Crippen molar-refractivity contribution in [1.82, 2.24) is 15.0 Å². The zero-order valence-electron chi connectivity index (χ0n) is 17.5. The van der Waals surface area contributed by atoms with Crippen LogP contribution in [0.4, 0.5) is 0 Å². The smallest absolute Gasteiger partial charge is 0.260 e. The van der Waals surface area contributed by atoms with Crippen molar-refractivity contribution >= 4 is 12.2 Å². The van der Waals surface area contributed by atoms with Crippen LogP contribution in [0.15, 0.2) is 53.6 Å². The summed E-state index contributed by atoms with van der Waals surface area (Å²) in [4.78, 5) is 14.1. The van der Waals surface area contributed by atoms with E-state index in [2.05, 4.69) is 22.1 Å². The number of carbonyl (C=O) groups excluding carboxylic acids is 1. The Labute approximate surface area is 181 Å². The SMILES string of the molecule is COc1ccc(C2=NN(N3CCC3Oc3ccc(CN4CCC4)cc3)C(C=O)O2)cc1. The molecule has 162 valence electrons. The van der Waals surface area contributed by atoms with Crippen molar-refractivity contribution in [2.45, 2.75) is 31.8 Å². The lowest BCUT2D eigenvalue weighted by molar-refractivity contribution is -0.218. The summed E-state index contributed by atoms with van der Waals surface area (Å²) in [6.45, 7) is 4.10. The van der Waals surface area contributed by atoms with E-state index >= 15 is 0 Å². The van der Waals surface area contributed by atoms with E-state index in [9.17, 15) is 4.79 Å². The van der Waals surface area contributed by atoms with Gasteiger partial charge in [-0.25, -0.2) is 0 Å². The van der Waals surface area contributed by atoms with E-state index in [1.54, 1.807) is 12.2 Å². The molecule has 0 radical (unpaired) electrons. The molecule has 2 atom stereocenters. The fourth-order valence-electron chi connectivity index (χ4n) is 3.81. The summed E-state index contributed by atoms with van der Waals surface area (Å²) in [5, 5.41) is 8.04. The van der Waals surface area contributed by atoms with E-state index in [1.165, 1.54) is 25.1 Å². The van der Waals surface area contributed by atoms with Gasteiger partial charge in [0.1, 0.15) is 11.5 Å². The second-order valence-electron chi connectivity index (χ2n) is 7.90. The molecule has 3 aliphatic rings. The number of carbonyl (C=O) groups is 1. The van der Waals surface area contributed by atoms with Gasteiger partial charge >= 0.3 is 0 Å². The molecule has 0 aliphatic carbocycles. The third kappa shape index (κ3) is 4.08. The lowest BCUT2D eigenvalue weighted by Gasteiger charge is -2.44. The van der Waals surface area contributed by atoms with Crippen molar-refractivity contribution in [3.63, 3.8) is 0 Å². The minimum Gasteiger partial charge on any atom is -0.497 e. The lowest BCUT2D eigenvalue weighted by Crippen LogP contribution is -2.60. The summed E-state index contributed by atoms with van der Waals surface area (Å²) in [7, 11) is 1.62. The quantitative estimate of drug-likeness (QED) is 0.606. The molecule has 5 rings (SSSR count). The van der Waals surface area contributed by atoms with Crippen molar-refractivity contribution in [3.8, 4) is 11.5 Å². The molecule has 8 heteroatoms. The second-order valence-corrected chi connectivity index (χ2v) is 7.90. The number of benzene rings is 2. The summed E-state index contributed by atoms with van der Waals surface area (Å²) in [6.07, 6.45) is 1.91. The van der Waals surface area contributed by atoms with Crippen molar-refractivity contribution in [3.05, 3.63) is 59.7 Å². The molecule has 31 heavy (non-hydrogen) atoms. The molecule has 2 aromatic carbocycles. The lowest BCUT2D eigenvalue weighted by atomic mass is 10.1. The Hall–Kier alpha value is -3.10. The number of ether oxygens (including phenoxy) is 3. The summed E-state index contributed by atoms with van der Waals surface area (Å²) in [5.41, 5.74) is 2.08. The average molecular weight is 422 g/mol. The molecule has 0 amide bonds. The van der Waals surface area contributed by atoms with Crippen molar-refractivity contribution in [2.75, 3.05) is 26.7 Å². The third-order valence-corrected chi connectivity index (χ3v) is 5.86. The van der Waals surface area contributed by atoms with Gasteiger partial charge in [-0.15, -0.1) is 5.10 Å². The molecule has 0 saturated carbocycles. The zero-order chi connectivity index (χ0) is 21.2. The summed E-state index contributed by atoms with van der Waals surface area (Å²) >= 11 is 0. The number of aldehydes is 1. The fourth-order valence-corrected chi connectivity index (χ4v) is 3.81. The molecule has 3 heterocycles. The Kier molecular flexibility index (Phi) is 5.48. The maximum atomic E-state index is 11.6. The van der Waals surface area contributed by atoms with E-state index in [1.807, 2.05) is 41.4 Å². The first-order chi connectivity index (χ1) is 15.2. The number of hydrogen-bond acceptors (Lipinski definition) is 8. The van der Waals surface area contributed by atoms with Gasteiger partial charge < -0.3 is 14.2 Å².